The van der Waals surface area contributed by atoms with E-state index in [2.05, 4.69) is 53.4 Å². The highest BCUT2D eigenvalue weighted by Gasteiger charge is 2.30. The van der Waals surface area contributed by atoms with E-state index in [0.717, 1.165) is 18.8 Å². The Bertz CT molecular complexity index is 768. The van der Waals surface area contributed by atoms with Gasteiger partial charge in [-0.25, -0.2) is 0 Å². The maximum absolute atomic E-state index is 12.6. The number of thioether (sulfide) groups is 1. The van der Waals surface area contributed by atoms with Crippen molar-refractivity contribution < 1.29 is 9.59 Å². The van der Waals surface area contributed by atoms with Gasteiger partial charge >= 0.3 is 0 Å². The van der Waals surface area contributed by atoms with Crippen molar-refractivity contribution in [1.29, 1.82) is 0 Å². The van der Waals surface area contributed by atoms with E-state index >= 15 is 0 Å². The summed E-state index contributed by atoms with van der Waals surface area (Å²) in [7, 11) is 0. The smallest absolute Gasteiger partial charge is 0.282 e. The Kier molecular flexibility index (Phi) is 5.98. The topological polar surface area (TPSA) is 43.9 Å². The summed E-state index contributed by atoms with van der Waals surface area (Å²) in [5.41, 5.74) is 2.54. The molecule has 0 radical (unpaired) electrons. The van der Waals surface area contributed by atoms with E-state index in [-0.39, 0.29) is 23.7 Å². The minimum absolute atomic E-state index is 0.0280. The Labute approximate surface area is 170 Å². The SMILES string of the molecule is O=C(CN1CCSC1=O)N1CCN(C(c2ccccc2)c2ccccc2)CC1. The van der Waals surface area contributed by atoms with Gasteiger partial charge in [0.25, 0.3) is 5.24 Å². The number of amides is 2. The quantitative estimate of drug-likeness (QED) is 0.780. The number of piperazine rings is 1. The van der Waals surface area contributed by atoms with Gasteiger partial charge in [0.2, 0.25) is 5.91 Å². The summed E-state index contributed by atoms with van der Waals surface area (Å²) < 4.78 is 0. The minimum Gasteiger partial charge on any atom is -0.339 e. The van der Waals surface area contributed by atoms with Crippen molar-refractivity contribution in [2.45, 2.75) is 6.04 Å². The summed E-state index contributed by atoms with van der Waals surface area (Å²) in [5.74, 6) is 0.849. The van der Waals surface area contributed by atoms with E-state index in [1.165, 1.54) is 22.9 Å². The molecule has 0 spiro atoms. The average molecular weight is 396 g/mol. The van der Waals surface area contributed by atoms with Crippen LogP contribution in [0.5, 0.6) is 0 Å². The van der Waals surface area contributed by atoms with Gasteiger partial charge in [-0.15, -0.1) is 0 Å². The fraction of sp³-hybridized carbons (Fsp3) is 0.364. The summed E-state index contributed by atoms with van der Waals surface area (Å²) in [6.45, 7) is 3.94. The molecule has 2 aliphatic rings. The lowest BCUT2D eigenvalue weighted by atomic mass is 9.96. The highest BCUT2D eigenvalue weighted by Crippen LogP contribution is 2.29. The molecule has 0 aromatic heterocycles. The van der Waals surface area contributed by atoms with Crippen molar-refractivity contribution in [2.75, 3.05) is 45.0 Å². The van der Waals surface area contributed by atoms with E-state index in [9.17, 15) is 9.59 Å². The summed E-state index contributed by atoms with van der Waals surface area (Å²) in [5, 5.41) is 0.0280. The molecule has 0 N–H and O–H groups in total. The van der Waals surface area contributed by atoms with Gasteiger partial charge in [-0.3, -0.25) is 14.5 Å². The number of nitrogens with zero attached hydrogens (tertiary/aromatic N) is 3. The highest BCUT2D eigenvalue weighted by atomic mass is 32.2. The molecule has 146 valence electrons. The van der Waals surface area contributed by atoms with Crippen LogP contribution in [0.2, 0.25) is 0 Å². The molecule has 2 aromatic rings. The Hall–Kier alpha value is -2.31. The van der Waals surface area contributed by atoms with E-state index in [1.807, 2.05) is 17.0 Å². The first-order valence-corrected chi connectivity index (χ1v) is 10.7. The van der Waals surface area contributed by atoms with Crippen LogP contribution < -0.4 is 0 Å². The zero-order valence-electron chi connectivity index (χ0n) is 15.9. The Balaban J connectivity index is 1.43. The molecule has 2 aliphatic heterocycles. The molecule has 0 aliphatic carbocycles. The number of rotatable bonds is 5. The summed E-state index contributed by atoms with van der Waals surface area (Å²) in [4.78, 5) is 30.4. The third-order valence-corrected chi connectivity index (χ3v) is 6.33. The van der Waals surface area contributed by atoms with Gasteiger partial charge < -0.3 is 9.80 Å². The van der Waals surface area contributed by atoms with Crippen LogP contribution in [0.15, 0.2) is 60.7 Å². The third-order valence-electron chi connectivity index (χ3n) is 5.43. The van der Waals surface area contributed by atoms with E-state index in [1.54, 1.807) is 4.90 Å². The van der Waals surface area contributed by atoms with Crippen LogP contribution >= 0.6 is 11.8 Å². The van der Waals surface area contributed by atoms with Gasteiger partial charge in [0, 0.05) is 38.5 Å². The lowest BCUT2D eigenvalue weighted by molar-refractivity contribution is -0.133. The second-order valence-electron chi connectivity index (χ2n) is 7.18. The average Bonchev–Trinajstić information content (AvgIpc) is 3.15. The van der Waals surface area contributed by atoms with Gasteiger partial charge in [0.05, 0.1) is 6.04 Å². The normalized spacial score (nSPS) is 18.1. The maximum atomic E-state index is 12.6. The molecule has 2 aromatic carbocycles. The first-order chi connectivity index (χ1) is 13.7. The summed E-state index contributed by atoms with van der Waals surface area (Å²) in [6.07, 6.45) is 0. The van der Waals surface area contributed by atoms with Crippen LogP contribution in [0.1, 0.15) is 17.2 Å². The number of hydrogen-bond donors (Lipinski definition) is 0. The number of benzene rings is 2. The van der Waals surface area contributed by atoms with Gasteiger partial charge in [0.15, 0.2) is 0 Å². The molecule has 2 amide bonds. The fourth-order valence-corrected chi connectivity index (χ4v) is 4.77. The van der Waals surface area contributed by atoms with Crippen LogP contribution in [0.25, 0.3) is 0 Å². The molecular formula is C22H25N3O2S. The van der Waals surface area contributed by atoms with Crippen LogP contribution in [0, 0.1) is 0 Å². The highest BCUT2D eigenvalue weighted by molar-refractivity contribution is 8.13. The van der Waals surface area contributed by atoms with E-state index in [0.29, 0.717) is 19.6 Å². The van der Waals surface area contributed by atoms with Crippen molar-refractivity contribution in [3.05, 3.63) is 71.8 Å². The first-order valence-electron chi connectivity index (χ1n) is 9.76. The van der Waals surface area contributed by atoms with Crippen molar-refractivity contribution in [1.82, 2.24) is 14.7 Å². The van der Waals surface area contributed by atoms with Crippen molar-refractivity contribution >= 4 is 22.9 Å². The standard InChI is InChI=1S/C22H25N3O2S/c26-20(17-25-15-16-28-22(25)27)23-11-13-24(14-12-23)21(18-7-3-1-4-8-18)19-9-5-2-6-10-19/h1-10,21H,11-17H2. The van der Waals surface area contributed by atoms with Gasteiger partial charge in [-0.1, -0.05) is 72.4 Å². The molecule has 0 atom stereocenters. The number of carbonyl (C=O) groups is 2. The van der Waals surface area contributed by atoms with Crippen LogP contribution in [0.4, 0.5) is 4.79 Å². The predicted octanol–water partition coefficient (Wildman–Crippen LogP) is 3.09. The second kappa shape index (κ2) is 8.80. The first kappa shape index (κ1) is 19.0. The second-order valence-corrected chi connectivity index (χ2v) is 8.22. The van der Waals surface area contributed by atoms with E-state index in [4.69, 9.17) is 0 Å². The Morgan fingerprint density at radius 2 is 1.43 bits per heavy atom. The zero-order chi connectivity index (χ0) is 19.3. The minimum atomic E-state index is 0.0280. The number of carbonyl (C=O) groups excluding carboxylic acids is 2. The third kappa shape index (κ3) is 4.23. The lowest BCUT2D eigenvalue weighted by Crippen LogP contribution is -2.52. The summed E-state index contributed by atoms with van der Waals surface area (Å²) in [6, 6.07) is 21.3. The van der Waals surface area contributed by atoms with E-state index < -0.39 is 0 Å². The van der Waals surface area contributed by atoms with Crippen molar-refractivity contribution in [3.8, 4) is 0 Å². The predicted molar refractivity (Wildman–Crippen MR) is 112 cm³/mol. The van der Waals surface area contributed by atoms with Gasteiger partial charge in [-0.2, -0.15) is 0 Å². The maximum Gasteiger partial charge on any atom is 0.282 e. The molecule has 2 saturated heterocycles. The molecule has 5 nitrogen and oxygen atoms in total. The molecule has 2 heterocycles. The van der Waals surface area contributed by atoms with Crippen molar-refractivity contribution in [2.24, 2.45) is 0 Å². The van der Waals surface area contributed by atoms with Gasteiger partial charge in [-0.05, 0) is 11.1 Å². The van der Waals surface area contributed by atoms with Crippen molar-refractivity contribution in [3.63, 3.8) is 0 Å². The molecule has 0 unspecified atom stereocenters. The zero-order valence-corrected chi connectivity index (χ0v) is 16.7. The molecule has 0 bridgehead atoms. The number of hydrogen-bond acceptors (Lipinski definition) is 4. The van der Waals surface area contributed by atoms with Crippen LogP contribution in [-0.2, 0) is 4.79 Å². The molecule has 28 heavy (non-hydrogen) atoms. The molecule has 6 heteroatoms. The summed E-state index contributed by atoms with van der Waals surface area (Å²) >= 11 is 1.30. The lowest BCUT2D eigenvalue weighted by Gasteiger charge is -2.40. The molecule has 2 fully saturated rings. The van der Waals surface area contributed by atoms with Crippen LogP contribution in [0.3, 0.4) is 0 Å². The Morgan fingerprint density at radius 3 is 1.93 bits per heavy atom. The van der Waals surface area contributed by atoms with Gasteiger partial charge in [0.1, 0.15) is 6.54 Å². The molecule has 0 saturated carbocycles. The molecular weight excluding hydrogens is 370 g/mol. The molecule has 4 rings (SSSR count). The largest absolute Gasteiger partial charge is 0.339 e. The monoisotopic (exact) mass is 395 g/mol. The Morgan fingerprint density at radius 1 is 0.857 bits per heavy atom. The van der Waals surface area contributed by atoms with Crippen LogP contribution in [-0.4, -0.2) is 70.9 Å². The fourth-order valence-electron chi connectivity index (χ4n) is 3.95.